The number of unbranched alkanes of at least 4 members (excludes halogenated alkanes) is 48. The summed E-state index contributed by atoms with van der Waals surface area (Å²) < 4.78 is 68.6. The third-order valence-corrected chi connectivity index (χ3v) is 20.4. The smallest absolute Gasteiger partial charge is 0.462 e. The highest BCUT2D eigenvalue weighted by Gasteiger charge is 2.30. The van der Waals surface area contributed by atoms with E-state index in [4.69, 9.17) is 37.0 Å². The van der Waals surface area contributed by atoms with Crippen LogP contribution >= 0.6 is 15.6 Å². The Morgan fingerprint density at radius 1 is 0.276 bits per heavy atom. The van der Waals surface area contributed by atoms with Crippen LogP contribution in [0.25, 0.3) is 0 Å². The zero-order chi connectivity index (χ0) is 72.1. The Balaban J connectivity index is 5.21. The van der Waals surface area contributed by atoms with Gasteiger partial charge in [0.05, 0.1) is 26.4 Å². The maximum atomic E-state index is 13.1. The summed E-state index contributed by atoms with van der Waals surface area (Å²) >= 11 is 0. The standard InChI is InChI=1S/C79H154O17P2/c1-7-9-11-13-15-17-18-19-20-24-27-33-38-44-50-56-62-77(82)90-68-75(96-78(83)63-57-51-45-39-34-28-25-22-21-23-26-31-36-41-47-53-59-71(3)4)70-94-98(87,88)92-66-73(80)65-91-97(85,86)93-69-74(67-89-76(81)61-55-49-43-16-14-12-10-8-2)95-79(84)64-58-52-46-40-35-30-29-32-37-42-48-54-60-72(5)6/h71-75,80H,7-70H2,1-6H3,(H,85,86)(H,87,88)/t73-,74+,75+/m0/s1. The number of hydrogen-bond acceptors (Lipinski definition) is 15. The molecule has 0 aliphatic carbocycles. The zero-order valence-corrected chi connectivity index (χ0v) is 65.9. The molecular formula is C79H154O17P2. The molecule has 5 atom stereocenters. The molecule has 0 radical (unpaired) electrons. The molecule has 0 amide bonds. The number of phosphoric acid groups is 2. The van der Waals surface area contributed by atoms with Gasteiger partial charge in [-0.3, -0.25) is 37.3 Å². The molecule has 0 aromatic carbocycles. The number of hydrogen-bond donors (Lipinski definition) is 3. The minimum Gasteiger partial charge on any atom is -0.462 e. The van der Waals surface area contributed by atoms with Gasteiger partial charge in [-0.05, 0) is 37.5 Å². The van der Waals surface area contributed by atoms with Gasteiger partial charge in [-0.15, -0.1) is 0 Å². The number of ether oxygens (including phenoxy) is 4. The van der Waals surface area contributed by atoms with Crippen LogP contribution in [-0.4, -0.2) is 96.7 Å². The average Bonchev–Trinajstić information content (AvgIpc) is 1.37. The molecule has 3 N–H and O–H groups in total. The van der Waals surface area contributed by atoms with Crippen molar-refractivity contribution in [1.29, 1.82) is 0 Å². The Morgan fingerprint density at radius 3 is 0.694 bits per heavy atom. The molecule has 0 aromatic rings. The number of phosphoric ester groups is 2. The molecule has 19 heteroatoms. The molecule has 0 saturated heterocycles. The van der Waals surface area contributed by atoms with Crippen LogP contribution in [-0.2, 0) is 65.4 Å². The molecule has 0 spiro atoms. The third kappa shape index (κ3) is 72.4. The van der Waals surface area contributed by atoms with Crippen LogP contribution in [0.1, 0.15) is 414 Å². The van der Waals surface area contributed by atoms with Gasteiger partial charge in [-0.1, -0.05) is 363 Å². The first-order valence-electron chi connectivity index (χ1n) is 41.0. The van der Waals surface area contributed by atoms with Gasteiger partial charge in [-0.2, -0.15) is 0 Å². The summed E-state index contributed by atoms with van der Waals surface area (Å²) in [6.45, 7) is 9.64. The molecule has 0 rings (SSSR count). The monoisotopic (exact) mass is 1440 g/mol. The Labute approximate surface area is 600 Å². The van der Waals surface area contributed by atoms with Crippen molar-refractivity contribution in [3.05, 3.63) is 0 Å². The molecule has 0 aliphatic rings. The summed E-state index contributed by atoms with van der Waals surface area (Å²) in [7, 11) is -9.91. The van der Waals surface area contributed by atoms with Gasteiger partial charge in [0.1, 0.15) is 19.3 Å². The van der Waals surface area contributed by atoms with Crippen molar-refractivity contribution in [2.24, 2.45) is 11.8 Å². The van der Waals surface area contributed by atoms with Crippen molar-refractivity contribution in [2.45, 2.75) is 432 Å². The average molecular weight is 1440 g/mol. The van der Waals surface area contributed by atoms with E-state index in [0.29, 0.717) is 25.7 Å². The Bertz CT molecular complexity index is 1890. The topological polar surface area (TPSA) is 237 Å². The van der Waals surface area contributed by atoms with Crippen molar-refractivity contribution in [2.75, 3.05) is 39.6 Å². The molecule has 17 nitrogen and oxygen atoms in total. The normalized spacial score (nSPS) is 13.9. The lowest BCUT2D eigenvalue weighted by Gasteiger charge is -2.21. The van der Waals surface area contributed by atoms with Crippen LogP contribution in [0.5, 0.6) is 0 Å². The Hall–Kier alpha value is -1.94. The highest BCUT2D eigenvalue weighted by atomic mass is 31.2. The quantitative estimate of drug-likeness (QED) is 0.0222. The minimum absolute atomic E-state index is 0.107. The summed E-state index contributed by atoms with van der Waals surface area (Å²) in [6, 6.07) is 0. The lowest BCUT2D eigenvalue weighted by atomic mass is 10.0. The van der Waals surface area contributed by atoms with Gasteiger partial charge in [0, 0.05) is 25.7 Å². The molecule has 0 saturated carbocycles. The van der Waals surface area contributed by atoms with E-state index in [0.717, 1.165) is 108 Å². The molecule has 0 aliphatic heterocycles. The molecular weight excluding hydrogens is 1280 g/mol. The molecule has 0 fully saturated rings. The van der Waals surface area contributed by atoms with Crippen LogP contribution in [0, 0.1) is 11.8 Å². The van der Waals surface area contributed by atoms with E-state index in [1.807, 2.05) is 0 Å². The predicted octanol–water partition coefficient (Wildman–Crippen LogP) is 23.5. The summed E-state index contributed by atoms with van der Waals surface area (Å²) in [4.78, 5) is 72.9. The van der Waals surface area contributed by atoms with Gasteiger partial charge in [-0.25, -0.2) is 9.13 Å². The zero-order valence-electron chi connectivity index (χ0n) is 64.1. The van der Waals surface area contributed by atoms with Gasteiger partial charge >= 0.3 is 39.5 Å². The van der Waals surface area contributed by atoms with E-state index in [1.54, 1.807) is 0 Å². The van der Waals surface area contributed by atoms with E-state index < -0.39 is 97.5 Å². The summed E-state index contributed by atoms with van der Waals surface area (Å²) in [6.07, 6.45) is 59.7. The van der Waals surface area contributed by atoms with E-state index in [9.17, 15) is 43.2 Å². The van der Waals surface area contributed by atoms with Crippen molar-refractivity contribution >= 4 is 39.5 Å². The Morgan fingerprint density at radius 2 is 0.469 bits per heavy atom. The summed E-state index contributed by atoms with van der Waals surface area (Å²) in [5.74, 6) is -0.526. The van der Waals surface area contributed by atoms with Crippen molar-refractivity contribution in [3.63, 3.8) is 0 Å². The molecule has 0 heterocycles. The van der Waals surface area contributed by atoms with Crippen LogP contribution in [0.4, 0.5) is 0 Å². The van der Waals surface area contributed by atoms with Gasteiger partial charge in [0.15, 0.2) is 12.2 Å². The molecule has 582 valence electrons. The predicted molar refractivity (Wildman–Crippen MR) is 400 cm³/mol. The van der Waals surface area contributed by atoms with Gasteiger partial charge < -0.3 is 33.8 Å². The lowest BCUT2D eigenvalue weighted by molar-refractivity contribution is -0.161. The molecule has 2 unspecified atom stereocenters. The number of rotatable bonds is 78. The first-order valence-corrected chi connectivity index (χ1v) is 44.0. The van der Waals surface area contributed by atoms with E-state index in [-0.39, 0.29) is 25.7 Å². The van der Waals surface area contributed by atoms with Crippen molar-refractivity contribution < 1.29 is 80.2 Å². The Kier molecular flexibility index (Phi) is 69.3. The molecule has 98 heavy (non-hydrogen) atoms. The fourth-order valence-corrected chi connectivity index (χ4v) is 13.8. The third-order valence-electron chi connectivity index (χ3n) is 18.5. The number of aliphatic hydroxyl groups excluding tert-OH is 1. The SMILES string of the molecule is CCCCCCCCCCCCCCCCCCC(=O)OC[C@H](COP(=O)(O)OC[C@@H](O)COP(=O)(O)OC[C@@H](COC(=O)CCCCCCCCCC)OC(=O)CCCCCCCCCCCCCCC(C)C)OC(=O)CCCCCCCCCCCCCCCCCCC(C)C. The summed E-state index contributed by atoms with van der Waals surface area (Å²) in [5, 5.41) is 10.6. The van der Waals surface area contributed by atoms with Crippen LogP contribution in [0.3, 0.4) is 0 Å². The minimum atomic E-state index is -4.96. The van der Waals surface area contributed by atoms with E-state index in [1.165, 1.54) is 225 Å². The highest BCUT2D eigenvalue weighted by molar-refractivity contribution is 7.47. The van der Waals surface area contributed by atoms with Crippen LogP contribution in [0.2, 0.25) is 0 Å². The highest BCUT2D eigenvalue weighted by Crippen LogP contribution is 2.45. The first kappa shape index (κ1) is 96.1. The van der Waals surface area contributed by atoms with E-state index in [2.05, 4.69) is 41.5 Å². The number of carbonyl (C=O) groups is 4. The van der Waals surface area contributed by atoms with E-state index >= 15 is 0 Å². The number of carbonyl (C=O) groups excluding carboxylic acids is 4. The molecule has 0 bridgehead atoms. The second kappa shape index (κ2) is 70.7. The van der Waals surface area contributed by atoms with Gasteiger partial charge in [0.2, 0.25) is 0 Å². The fourth-order valence-electron chi connectivity index (χ4n) is 12.2. The lowest BCUT2D eigenvalue weighted by Crippen LogP contribution is -2.30. The second-order valence-electron chi connectivity index (χ2n) is 29.4. The van der Waals surface area contributed by atoms with Crippen molar-refractivity contribution in [1.82, 2.24) is 0 Å². The van der Waals surface area contributed by atoms with Crippen LogP contribution in [0.15, 0.2) is 0 Å². The number of aliphatic hydroxyl groups is 1. The maximum absolute atomic E-state index is 13.1. The largest absolute Gasteiger partial charge is 0.472 e. The number of esters is 4. The maximum Gasteiger partial charge on any atom is 0.472 e. The first-order chi connectivity index (χ1) is 47.4. The fraction of sp³-hybridized carbons (Fsp3) is 0.949. The molecule has 0 aromatic heterocycles. The van der Waals surface area contributed by atoms with Crippen LogP contribution < -0.4 is 0 Å². The van der Waals surface area contributed by atoms with Gasteiger partial charge in [0.25, 0.3) is 0 Å². The van der Waals surface area contributed by atoms with Crippen molar-refractivity contribution in [3.8, 4) is 0 Å². The summed E-state index contributed by atoms with van der Waals surface area (Å²) in [5.41, 5.74) is 0. The second-order valence-corrected chi connectivity index (χ2v) is 32.3.